The van der Waals surface area contributed by atoms with Crippen LogP contribution >= 0.6 is 0 Å². The number of hydrogen-bond donors (Lipinski definition) is 0. The van der Waals surface area contributed by atoms with Gasteiger partial charge in [-0.05, 0) is 0 Å². The first-order valence-corrected chi connectivity index (χ1v) is 4.68. The average molecular weight is 298 g/mol. The molecule has 0 aliphatic heterocycles. The first-order chi connectivity index (χ1) is 7.00. The first-order valence-electron chi connectivity index (χ1n) is 3.19. The second-order valence-corrected chi connectivity index (χ2v) is 4.19. The highest BCUT2D eigenvalue weighted by Gasteiger charge is 2.83. The molecule has 0 aliphatic carbocycles. The van der Waals surface area contributed by atoms with Gasteiger partial charge in [-0.3, -0.25) is 0 Å². The van der Waals surface area contributed by atoms with E-state index in [4.69, 9.17) is 5.14 Å². The van der Waals surface area contributed by atoms with Crippen molar-refractivity contribution in [3.63, 3.8) is 0 Å². The van der Waals surface area contributed by atoms with Gasteiger partial charge < -0.3 is 5.14 Å². The molecule has 0 aliphatic rings. The summed E-state index contributed by atoms with van der Waals surface area (Å²) < 4.78 is 127. The molecule has 0 radical (unpaired) electrons. The fourth-order valence-corrected chi connectivity index (χ4v) is 0.995. The van der Waals surface area contributed by atoms with Crippen LogP contribution in [0.15, 0.2) is 0 Å². The highest BCUT2D eigenvalue weighted by atomic mass is 32.2. The number of halogens is 9. The van der Waals surface area contributed by atoms with Gasteiger partial charge >= 0.3 is 23.3 Å². The highest BCUT2D eigenvalue weighted by molar-refractivity contribution is 7.94. The fourth-order valence-electron chi connectivity index (χ4n) is 0.530. The molecule has 104 valence electrons. The number of alkyl halides is 9. The molecule has 13 heteroatoms. The topological polar surface area (TPSA) is 57.9 Å². The molecule has 0 heterocycles. The third-order valence-electron chi connectivity index (χ3n) is 1.45. The van der Waals surface area contributed by atoms with E-state index >= 15 is 0 Å². The zero-order valence-electron chi connectivity index (χ0n) is 7.13. The lowest BCUT2D eigenvalue weighted by Crippen LogP contribution is -2.62. The summed E-state index contributed by atoms with van der Waals surface area (Å²) in [5.74, 6) is -14.6. The zero-order chi connectivity index (χ0) is 14.5. The molecule has 0 saturated carbocycles. The first kappa shape index (κ1) is 16.3. The maximum atomic E-state index is 12.3. The SMILES string of the molecule is [NH-]S(=O)(=O)C(F)(F)C(F)(F)C(F)(F)C(F)(F)F. The van der Waals surface area contributed by atoms with E-state index in [0.29, 0.717) is 0 Å². The summed E-state index contributed by atoms with van der Waals surface area (Å²) in [4.78, 5) is 0. The van der Waals surface area contributed by atoms with Crippen molar-refractivity contribution >= 4 is 10.0 Å². The van der Waals surface area contributed by atoms with E-state index in [1.807, 2.05) is 0 Å². The van der Waals surface area contributed by atoms with Crippen LogP contribution in [0.1, 0.15) is 0 Å². The molecule has 0 saturated heterocycles. The maximum Gasteiger partial charge on any atom is 0.460 e. The Balaban J connectivity index is 5.91. The van der Waals surface area contributed by atoms with Crippen molar-refractivity contribution in [1.29, 1.82) is 0 Å². The van der Waals surface area contributed by atoms with Crippen molar-refractivity contribution in [1.82, 2.24) is 0 Å². The molecule has 0 aromatic carbocycles. The van der Waals surface area contributed by atoms with Crippen molar-refractivity contribution in [3.05, 3.63) is 5.14 Å². The lowest BCUT2D eigenvalue weighted by Gasteiger charge is -2.34. The second-order valence-electron chi connectivity index (χ2n) is 2.67. The number of rotatable bonds is 3. The van der Waals surface area contributed by atoms with Gasteiger partial charge in [0.15, 0.2) is 0 Å². The van der Waals surface area contributed by atoms with Crippen LogP contribution < -0.4 is 0 Å². The molecule has 0 fully saturated rings. The van der Waals surface area contributed by atoms with Crippen LogP contribution in [-0.4, -0.2) is 31.7 Å². The van der Waals surface area contributed by atoms with Gasteiger partial charge in [0.25, 0.3) is 0 Å². The van der Waals surface area contributed by atoms with Crippen molar-refractivity contribution in [3.8, 4) is 0 Å². The van der Waals surface area contributed by atoms with Crippen molar-refractivity contribution in [2.24, 2.45) is 0 Å². The van der Waals surface area contributed by atoms with Gasteiger partial charge in [-0.25, -0.2) is 8.42 Å². The van der Waals surface area contributed by atoms with Crippen LogP contribution in [0.2, 0.25) is 0 Å². The van der Waals surface area contributed by atoms with Crippen molar-refractivity contribution in [2.45, 2.75) is 23.3 Å². The normalized spacial score (nSPS) is 16.1. The summed E-state index contributed by atoms with van der Waals surface area (Å²) in [6.45, 7) is 0. The predicted octanol–water partition coefficient (Wildman–Crippen LogP) is 2.79. The van der Waals surface area contributed by atoms with E-state index in [1.165, 1.54) is 0 Å². The summed E-state index contributed by atoms with van der Waals surface area (Å²) in [5.41, 5.74) is 0. The fraction of sp³-hybridized carbons (Fsp3) is 1.00. The van der Waals surface area contributed by atoms with Gasteiger partial charge in [0.1, 0.15) is 10.0 Å². The highest BCUT2D eigenvalue weighted by Crippen LogP contribution is 2.54. The van der Waals surface area contributed by atoms with E-state index in [9.17, 15) is 47.9 Å². The van der Waals surface area contributed by atoms with E-state index < -0.39 is 33.3 Å². The van der Waals surface area contributed by atoms with Gasteiger partial charge in [-0.1, -0.05) is 0 Å². The molecule has 0 aromatic rings. The molecule has 0 aromatic heterocycles. The van der Waals surface area contributed by atoms with Gasteiger partial charge in [0.05, 0.1) is 0 Å². The van der Waals surface area contributed by atoms with Crippen molar-refractivity contribution < 1.29 is 47.9 Å². The summed E-state index contributed by atoms with van der Waals surface area (Å²) in [6, 6.07) is 0. The van der Waals surface area contributed by atoms with E-state index in [-0.39, 0.29) is 0 Å². The number of sulfonamides is 1. The third-order valence-corrected chi connectivity index (χ3v) is 2.38. The van der Waals surface area contributed by atoms with E-state index in [0.717, 1.165) is 0 Å². The molecule has 3 nitrogen and oxygen atoms in total. The molecule has 0 amide bonds. The predicted molar refractivity (Wildman–Crippen MR) is 34.1 cm³/mol. The molecule has 17 heavy (non-hydrogen) atoms. The Kier molecular flexibility index (Phi) is 3.48. The van der Waals surface area contributed by atoms with Gasteiger partial charge in [-0.2, -0.15) is 39.5 Å². The van der Waals surface area contributed by atoms with E-state index in [2.05, 4.69) is 0 Å². The number of nitrogens with one attached hydrogen (secondary N) is 1. The Morgan fingerprint density at radius 2 is 1.00 bits per heavy atom. The Morgan fingerprint density at radius 1 is 0.706 bits per heavy atom. The average Bonchev–Trinajstić information content (AvgIpc) is 1.98. The van der Waals surface area contributed by atoms with E-state index in [1.54, 1.807) is 0 Å². The minimum Gasteiger partial charge on any atom is -0.559 e. The molecule has 0 rings (SSSR count). The minimum absolute atomic E-state index is 5.52. The smallest absolute Gasteiger partial charge is 0.460 e. The molecular formula is C4HF9NO2S-. The van der Waals surface area contributed by atoms with Crippen LogP contribution in [0.5, 0.6) is 0 Å². The molecule has 0 unspecified atom stereocenters. The monoisotopic (exact) mass is 298 g/mol. The molecule has 0 bridgehead atoms. The van der Waals surface area contributed by atoms with Crippen LogP contribution in [0.4, 0.5) is 39.5 Å². The molecule has 0 spiro atoms. The summed E-state index contributed by atoms with van der Waals surface area (Å²) >= 11 is 0. The lowest BCUT2D eigenvalue weighted by molar-refractivity contribution is -0.382. The Hall–Kier alpha value is -0.720. The van der Waals surface area contributed by atoms with Crippen LogP contribution in [0.3, 0.4) is 0 Å². The molecule has 0 atom stereocenters. The second kappa shape index (κ2) is 3.63. The van der Waals surface area contributed by atoms with Gasteiger partial charge in [0, 0.05) is 0 Å². The van der Waals surface area contributed by atoms with Crippen LogP contribution in [0, 0.1) is 0 Å². The Morgan fingerprint density at radius 3 is 1.18 bits per heavy atom. The minimum atomic E-state index is -7.31. The third kappa shape index (κ3) is 2.17. The zero-order valence-corrected chi connectivity index (χ0v) is 7.94. The molecular weight excluding hydrogens is 297 g/mol. The maximum absolute atomic E-state index is 12.3. The Bertz CT molecular complexity index is 396. The largest absolute Gasteiger partial charge is 0.559 e. The van der Waals surface area contributed by atoms with Crippen LogP contribution in [-0.2, 0) is 10.0 Å². The van der Waals surface area contributed by atoms with Gasteiger partial charge in [-0.15, -0.1) is 0 Å². The van der Waals surface area contributed by atoms with Gasteiger partial charge in [0.2, 0.25) is 0 Å². The summed E-state index contributed by atoms with van der Waals surface area (Å²) in [7, 11) is -6.92. The summed E-state index contributed by atoms with van der Waals surface area (Å²) in [6.07, 6.45) is -7.11. The molecule has 1 N–H and O–H groups in total. The quantitative estimate of drug-likeness (QED) is 0.752. The standard InChI is InChI=1S/C4HF9NO2S/c5-1(6,3(9,10)11)2(7,8)4(12,13)17(14,15)16/h(H-,14,15,16)/q-1. The van der Waals surface area contributed by atoms with Crippen LogP contribution in [0.25, 0.3) is 5.14 Å². The Labute approximate surface area is 87.4 Å². The number of hydrogen-bond acceptors (Lipinski definition) is 2. The summed E-state index contributed by atoms with van der Waals surface area (Å²) in [5, 5.41) is -1.37. The van der Waals surface area contributed by atoms with Crippen molar-refractivity contribution in [2.75, 3.05) is 0 Å². The lowest BCUT2D eigenvalue weighted by atomic mass is 10.1.